The lowest BCUT2D eigenvalue weighted by molar-refractivity contribution is -0.384. The maximum Gasteiger partial charge on any atom is 0.275 e. The van der Waals surface area contributed by atoms with E-state index < -0.39 is 4.92 Å². The van der Waals surface area contributed by atoms with E-state index in [4.69, 9.17) is 9.47 Å². The van der Waals surface area contributed by atoms with Gasteiger partial charge in [0.25, 0.3) is 11.6 Å². The molecule has 0 fully saturated rings. The molecule has 0 aliphatic heterocycles. The third-order valence-corrected chi connectivity index (χ3v) is 5.78. The van der Waals surface area contributed by atoms with Gasteiger partial charge in [0.05, 0.1) is 28.3 Å². The molecule has 0 aliphatic rings. The van der Waals surface area contributed by atoms with Crippen LogP contribution >= 0.6 is 15.9 Å². The molecule has 35 heavy (non-hydrogen) atoms. The quantitative estimate of drug-likeness (QED) is 0.173. The summed E-state index contributed by atoms with van der Waals surface area (Å²) >= 11 is 3.46. The van der Waals surface area contributed by atoms with Crippen molar-refractivity contribution in [1.82, 2.24) is 5.43 Å². The number of nitrogens with zero attached hydrogens (tertiary/aromatic N) is 2. The first-order chi connectivity index (χ1) is 16.9. The second kappa shape index (κ2) is 10.8. The zero-order valence-corrected chi connectivity index (χ0v) is 20.2. The summed E-state index contributed by atoms with van der Waals surface area (Å²) in [6, 6.07) is 22.9. The first-order valence-electron chi connectivity index (χ1n) is 10.5. The van der Waals surface area contributed by atoms with Crippen LogP contribution in [0, 0.1) is 10.1 Å². The Labute approximate surface area is 209 Å². The number of amides is 1. The van der Waals surface area contributed by atoms with Crippen molar-refractivity contribution in [1.29, 1.82) is 0 Å². The third kappa shape index (κ3) is 5.82. The molecule has 0 aromatic heterocycles. The molecule has 0 bridgehead atoms. The second-order valence-electron chi connectivity index (χ2n) is 7.50. The van der Waals surface area contributed by atoms with Crippen LogP contribution in [0.5, 0.6) is 11.5 Å². The van der Waals surface area contributed by atoms with E-state index in [9.17, 15) is 14.9 Å². The predicted octanol–water partition coefficient (Wildman–Crippen LogP) is 5.86. The van der Waals surface area contributed by atoms with Gasteiger partial charge < -0.3 is 9.47 Å². The summed E-state index contributed by atoms with van der Waals surface area (Å²) in [5, 5.41) is 16.9. The summed E-state index contributed by atoms with van der Waals surface area (Å²) in [6.07, 6.45) is 1.51. The number of rotatable bonds is 8. The van der Waals surface area contributed by atoms with Gasteiger partial charge in [-0.3, -0.25) is 14.9 Å². The molecule has 0 spiro atoms. The molecule has 9 heteroatoms. The van der Waals surface area contributed by atoms with Gasteiger partial charge in [0, 0.05) is 12.1 Å². The molecule has 0 saturated heterocycles. The first kappa shape index (κ1) is 23.9. The van der Waals surface area contributed by atoms with Gasteiger partial charge in [0.2, 0.25) is 0 Å². The number of fused-ring (bicyclic) bond motifs is 1. The minimum Gasteiger partial charge on any atom is -0.496 e. The Morgan fingerprint density at radius 2 is 1.80 bits per heavy atom. The molecular weight excluding hydrogens is 514 g/mol. The Morgan fingerprint density at radius 1 is 1.03 bits per heavy atom. The molecule has 0 heterocycles. The van der Waals surface area contributed by atoms with Crippen molar-refractivity contribution >= 4 is 44.5 Å². The molecule has 4 aromatic rings. The zero-order valence-electron chi connectivity index (χ0n) is 18.6. The highest BCUT2D eigenvalue weighted by Crippen LogP contribution is 2.27. The Morgan fingerprint density at radius 3 is 2.51 bits per heavy atom. The van der Waals surface area contributed by atoms with Crippen LogP contribution in [0.2, 0.25) is 0 Å². The molecule has 1 amide bonds. The molecular formula is C26H20BrN3O5. The number of non-ortho nitro benzene ring substituents is 1. The SMILES string of the molecule is COc1cc2ccccc2cc1C(=O)N/N=C\c1ccc(OCc2cccc([N+](=O)[O-])c2)c(Br)c1. The number of benzene rings is 4. The van der Waals surface area contributed by atoms with Crippen molar-refractivity contribution in [3.8, 4) is 11.5 Å². The molecule has 0 unspecified atom stereocenters. The first-order valence-corrected chi connectivity index (χ1v) is 11.3. The van der Waals surface area contributed by atoms with Gasteiger partial charge in [-0.25, -0.2) is 5.43 Å². The Hall–Kier alpha value is -4.24. The predicted molar refractivity (Wildman–Crippen MR) is 137 cm³/mol. The van der Waals surface area contributed by atoms with Crippen molar-refractivity contribution in [2.75, 3.05) is 7.11 Å². The van der Waals surface area contributed by atoms with E-state index in [2.05, 4.69) is 26.5 Å². The number of methoxy groups -OCH3 is 1. The molecule has 4 aromatic carbocycles. The molecule has 4 rings (SSSR count). The summed E-state index contributed by atoms with van der Waals surface area (Å²) in [6.45, 7) is 0.178. The van der Waals surface area contributed by atoms with Crippen molar-refractivity contribution in [3.05, 3.63) is 110 Å². The average molecular weight is 534 g/mol. The minimum atomic E-state index is -0.442. The second-order valence-corrected chi connectivity index (χ2v) is 8.36. The fourth-order valence-corrected chi connectivity index (χ4v) is 3.94. The Bertz CT molecular complexity index is 1440. The Kier molecular flexibility index (Phi) is 7.37. The highest BCUT2D eigenvalue weighted by atomic mass is 79.9. The number of halogens is 1. The van der Waals surface area contributed by atoms with Gasteiger partial charge in [-0.1, -0.05) is 36.4 Å². The minimum absolute atomic E-state index is 0.0140. The molecule has 8 nitrogen and oxygen atoms in total. The van der Waals surface area contributed by atoms with Crippen molar-refractivity contribution < 1.29 is 19.2 Å². The summed E-state index contributed by atoms with van der Waals surface area (Å²) in [5.74, 6) is 0.641. The van der Waals surface area contributed by atoms with E-state index in [1.807, 2.05) is 30.3 Å². The van der Waals surface area contributed by atoms with E-state index in [0.717, 1.165) is 16.3 Å². The lowest BCUT2D eigenvalue weighted by Gasteiger charge is -2.10. The number of hydrazone groups is 1. The number of nitro groups is 1. The Balaban J connectivity index is 1.40. The lowest BCUT2D eigenvalue weighted by atomic mass is 10.1. The third-order valence-electron chi connectivity index (χ3n) is 5.16. The van der Waals surface area contributed by atoms with E-state index in [0.29, 0.717) is 27.1 Å². The molecule has 0 atom stereocenters. The van der Waals surface area contributed by atoms with Gasteiger partial charge >= 0.3 is 0 Å². The lowest BCUT2D eigenvalue weighted by Crippen LogP contribution is -2.18. The zero-order chi connectivity index (χ0) is 24.8. The monoisotopic (exact) mass is 533 g/mol. The van der Waals surface area contributed by atoms with Crippen LogP contribution < -0.4 is 14.9 Å². The van der Waals surface area contributed by atoms with Crippen molar-refractivity contribution in [3.63, 3.8) is 0 Å². The smallest absolute Gasteiger partial charge is 0.275 e. The molecule has 176 valence electrons. The summed E-state index contributed by atoms with van der Waals surface area (Å²) in [5.41, 5.74) is 4.34. The van der Waals surface area contributed by atoms with E-state index >= 15 is 0 Å². The van der Waals surface area contributed by atoms with Crippen LogP contribution in [0.4, 0.5) is 5.69 Å². The molecule has 1 N–H and O–H groups in total. The number of nitro benzene ring substituents is 1. The summed E-state index contributed by atoms with van der Waals surface area (Å²) < 4.78 is 11.8. The summed E-state index contributed by atoms with van der Waals surface area (Å²) in [4.78, 5) is 23.2. The number of hydrogen-bond acceptors (Lipinski definition) is 6. The normalized spacial score (nSPS) is 10.9. The van der Waals surface area contributed by atoms with Gasteiger partial charge in [-0.05, 0) is 68.2 Å². The van der Waals surface area contributed by atoms with Crippen LogP contribution in [0.15, 0.2) is 88.4 Å². The molecule has 0 radical (unpaired) electrons. The van der Waals surface area contributed by atoms with E-state index in [1.165, 1.54) is 25.5 Å². The highest BCUT2D eigenvalue weighted by molar-refractivity contribution is 9.10. The van der Waals surface area contributed by atoms with Crippen LogP contribution in [0.3, 0.4) is 0 Å². The molecule has 0 aliphatic carbocycles. The average Bonchev–Trinajstić information content (AvgIpc) is 2.87. The maximum absolute atomic E-state index is 12.7. The van der Waals surface area contributed by atoms with Gasteiger partial charge in [0.1, 0.15) is 18.1 Å². The van der Waals surface area contributed by atoms with Crippen LogP contribution in [-0.2, 0) is 6.61 Å². The fourth-order valence-electron chi connectivity index (χ4n) is 3.43. The molecule has 0 saturated carbocycles. The highest BCUT2D eigenvalue weighted by Gasteiger charge is 2.13. The van der Waals surface area contributed by atoms with E-state index in [-0.39, 0.29) is 18.2 Å². The maximum atomic E-state index is 12.7. The van der Waals surface area contributed by atoms with Crippen LogP contribution in [0.1, 0.15) is 21.5 Å². The number of carbonyl (C=O) groups is 1. The van der Waals surface area contributed by atoms with E-state index in [1.54, 1.807) is 36.4 Å². The van der Waals surface area contributed by atoms with Crippen molar-refractivity contribution in [2.24, 2.45) is 5.10 Å². The van der Waals surface area contributed by atoms with Gasteiger partial charge in [0.15, 0.2) is 0 Å². The number of ether oxygens (including phenoxy) is 2. The number of nitrogens with one attached hydrogen (secondary N) is 1. The standard InChI is InChI=1S/C26H20BrN3O5/c1-34-25-14-20-7-3-2-6-19(20)13-22(25)26(31)29-28-15-17-9-10-24(23(27)12-17)35-16-18-5-4-8-21(11-18)30(32)33/h2-15H,16H2,1H3,(H,29,31)/b28-15-. The number of hydrogen-bond donors (Lipinski definition) is 1. The van der Waals surface area contributed by atoms with Gasteiger partial charge in [-0.2, -0.15) is 5.10 Å². The summed E-state index contributed by atoms with van der Waals surface area (Å²) in [7, 11) is 1.52. The van der Waals surface area contributed by atoms with Gasteiger partial charge in [-0.15, -0.1) is 0 Å². The largest absolute Gasteiger partial charge is 0.496 e. The fraction of sp³-hybridized carbons (Fsp3) is 0.0769. The number of carbonyl (C=O) groups excluding carboxylic acids is 1. The topological polar surface area (TPSA) is 103 Å². The van der Waals surface area contributed by atoms with Crippen LogP contribution in [0.25, 0.3) is 10.8 Å². The van der Waals surface area contributed by atoms with Crippen LogP contribution in [-0.4, -0.2) is 24.2 Å². The van der Waals surface area contributed by atoms with Crippen molar-refractivity contribution in [2.45, 2.75) is 6.61 Å².